The lowest BCUT2D eigenvalue weighted by Crippen LogP contribution is -2.46. The Morgan fingerprint density at radius 2 is 1.86 bits per heavy atom. The summed E-state index contributed by atoms with van der Waals surface area (Å²) in [6.07, 6.45) is 0. The Balaban J connectivity index is 1.48. The van der Waals surface area contributed by atoms with Crippen LogP contribution in [-0.4, -0.2) is 54.6 Å². The van der Waals surface area contributed by atoms with Crippen LogP contribution in [0.25, 0.3) is 0 Å². The van der Waals surface area contributed by atoms with E-state index in [1.165, 1.54) is 23.5 Å². The summed E-state index contributed by atoms with van der Waals surface area (Å²) in [6.45, 7) is 1.50. The third-order valence-electron chi connectivity index (χ3n) is 5.29. The minimum absolute atomic E-state index is 0.0354. The molecular formula is C23H22N4O7S. The Morgan fingerprint density at radius 3 is 2.49 bits per heavy atom. The van der Waals surface area contributed by atoms with Gasteiger partial charge in [-0.3, -0.25) is 9.69 Å². The number of esters is 2. The molecule has 0 radical (unpaired) electrons. The Morgan fingerprint density at radius 1 is 1.09 bits per heavy atom. The minimum Gasteiger partial charge on any atom is -0.463 e. The van der Waals surface area contributed by atoms with Crippen LogP contribution in [0.3, 0.4) is 0 Å². The van der Waals surface area contributed by atoms with Crippen molar-refractivity contribution in [2.45, 2.75) is 19.5 Å². The van der Waals surface area contributed by atoms with Gasteiger partial charge in [0.2, 0.25) is 5.91 Å². The van der Waals surface area contributed by atoms with Crippen molar-refractivity contribution in [2.24, 2.45) is 0 Å². The van der Waals surface area contributed by atoms with Gasteiger partial charge in [0.25, 0.3) is 0 Å². The summed E-state index contributed by atoms with van der Waals surface area (Å²) in [6, 6.07) is 8.08. The monoisotopic (exact) mass is 498 g/mol. The quantitative estimate of drug-likeness (QED) is 0.372. The number of urea groups is 2. The van der Waals surface area contributed by atoms with E-state index in [2.05, 4.69) is 16.0 Å². The van der Waals surface area contributed by atoms with Crippen LogP contribution in [0.15, 0.2) is 53.0 Å². The molecule has 1 atom stereocenters. The number of amides is 5. The van der Waals surface area contributed by atoms with E-state index >= 15 is 0 Å². The summed E-state index contributed by atoms with van der Waals surface area (Å²) in [7, 11) is 0. The van der Waals surface area contributed by atoms with Crippen molar-refractivity contribution in [2.75, 3.05) is 19.8 Å². The maximum atomic E-state index is 12.7. The first kappa shape index (κ1) is 24.0. The molecule has 1 unspecified atom stereocenters. The molecule has 11 nitrogen and oxygen atoms in total. The van der Waals surface area contributed by atoms with Crippen LogP contribution in [0.1, 0.15) is 33.8 Å². The van der Waals surface area contributed by atoms with Gasteiger partial charge in [0.05, 0.1) is 42.6 Å². The number of ether oxygens (including phenoxy) is 2. The van der Waals surface area contributed by atoms with E-state index in [9.17, 15) is 24.0 Å². The van der Waals surface area contributed by atoms with Crippen molar-refractivity contribution in [3.05, 3.63) is 69.1 Å². The van der Waals surface area contributed by atoms with Crippen molar-refractivity contribution in [1.82, 2.24) is 20.9 Å². The van der Waals surface area contributed by atoms with Crippen LogP contribution in [0.2, 0.25) is 0 Å². The molecule has 1 fully saturated rings. The highest BCUT2D eigenvalue weighted by Crippen LogP contribution is 2.30. The summed E-state index contributed by atoms with van der Waals surface area (Å²) in [5.74, 6) is -1.63. The fourth-order valence-corrected chi connectivity index (χ4v) is 4.40. The largest absolute Gasteiger partial charge is 0.463 e. The summed E-state index contributed by atoms with van der Waals surface area (Å²) >= 11 is 1.37. The lowest BCUT2D eigenvalue weighted by molar-refractivity contribution is -0.139. The molecule has 12 heteroatoms. The molecule has 2 aliphatic heterocycles. The number of nitrogens with one attached hydrogen (secondary N) is 3. The Hall–Kier alpha value is -4.19. The number of thiophene rings is 1. The number of carbonyl (C=O) groups is 5. The first-order valence-electron chi connectivity index (χ1n) is 10.7. The van der Waals surface area contributed by atoms with E-state index < -0.39 is 30.0 Å². The number of hydrogen-bond acceptors (Lipinski definition) is 8. The zero-order valence-electron chi connectivity index (χ0n) is 18.7. The minimum atomic E-state index is -0.735. The number of hydrogen-bond donors (Lipinski definition) is 3. The van der Waals surface area contributed by atoms with Crippen LogP contribution in [-0.2, 0) is 25.6 Å². The molecule has 0 saturated carbocycles. The summed E-state index contributed by atoms with van der Waals surface area (Å²) in [4.78, 5) is 62.8. The second-order valence-corrected chi connectivity index (χ2v) is 8.55. The molecule has 2 aliphatic rings. The topological polar surface area (TPSA) is 143 Å². The molecule has 1 aromatic heterocycles. The molecule has 0 bridgehead atoms. The highest BCUT2D eigenvalue weighted by molar-refractivity contribution is 7.10. The molecule has 2 aromatic rings. The number of rotatable bonds is 8. The third kappa shape index (κ3) is 5.32. The molecule has 1 aromatic carbocycles. The molecule has 4 rings (SSSR count). The molecule has 3 N–H and O–H groups in total. The normalized spacial score (nSPS) is 17.6. The third-order valence-corrected chi connectivity index (χ3v) is 6.23. The van der Waals surface area contributed by atoms with Gasteiger partial charge < -0.3 is 25.4 Å². The van der Waals surface area contributed by atoms with Crippen molar-refractivity contribution in [3.8, 4) is 0 Å². The van der Waals surface area contributed by atoms with E-state index in [-0.39, 0.29) is 49.0 Å². The van der Waals surface area contributed by atoms with Crippen LogP contribution in [0, 0.1) is 0 Å². The maximum absolute atomic E-state index is 12.7. The van der Waals surface area contributed by atoms with Crippen LogP contribution < -0.4 is 16.0 Å². The molecular weight excluding hydrogens is 476 g/mol. The standard InChI is InChI=1S/C23H22N4O7S/c1-2-33-21(30)18-15(25-22(31)26-19(18)16-4-3-9-35-16)12-34-20(29)14-7-5-13(6-8-14)11-27-17(28)10-24-23(27)32/h3-9,19H,2,10-12H2,1H3,(H,24,32)(H2,25,26,31). The molecule has 1 saturated heterocycles. The smallest absolute Gasteiger partial charge is 0.338 e. The van der Waals surface area contributed by atoms with Gasteiger partial charge >= 0.3 is 24.0 Å². The number of nitrogens with zero attached hydrogens (tertiary/aromatic N) is 1. The molecule has 5 amide bonds. The molecule has 182 valence electrons. The van der Waals surface area contributed by atoms with Gasteiger partial charge in [-0.1, -0.05) is 18.2 Å². The van der Waals surface area contributed by atoms with Crippen molar-refractivity contribution in [1.29, 1.82) is 0 Å². The van der Waals surface area contributed by atoms with Gasteiger partial charge in [-0.25, -0.2) is 19.2 Å². The highest BCUT2D eigenvalue weighted by Gasteiger charge is 2.35. The van der Waals surface area contributed by atoms with E-state index in [0.717, 1.165) is 9.78 Å². The fourth-order valence-electron chi connectivity index (χ4n) is 3.62. The van der Waals surface area contributed by atoms with Gasteiger partial charge in [0, 0.05) is 4.88 Å². The summed E-state index contributed by atoms with van der Waals surface area (Å²) in [5.41, 5.74) is 1.17. The van der Waals surface area contributed by atoms with Gasteiger partial charge in [0.1, 0.15) is 6.61 Å². The van der Waals surface area contributed by atoms with Crippen molar-refractivity contribution >= 4 is 41.2 Å². The summed E-state index contributed by atoms with van der Waals surface area (Å²) in [5, 5.41) is 9.51. The molecule has 0 spiro atoms. The predicted molar refractivity (Wildman–Crippen MR) is 123 cm³/mol. The van der Waals surface area contributed by atoms with E-state index in [4.69, 9.17) is 9.47 Å². The molecule has 35 heavy (non-hydrogen) atoms. The van der Waals surface area contributed by atoms with E-state index in [1.54, 1.807) is 31.2 Å². The first-order valence-corrected chi connectivity index (χ1v) is 11.6. The van der Waals surface area contributed by atoms with Gasteiger partial charge in [-0.05, 0) is 36.1 Å². The molecule has 3 heterocycles. The average molecular weight is 499 g/mol. The maximum Gasteiger partial charge on any atom is 0.338 e. The lowest BCUT2D eigenvalue weighted by atomic mass is 10.0. The lowest BCUT2D eigenvalue weighted by Gasteiger charge is -2.28. The first-order chi connectivity index (χ1) is 16.9. The SMILES string of the molecule is CCOC(=O)C1=C(COC(=O)c2ccc(CN3C(=O)CNC3=O)cc2)NC(=O)NC1c1cccs1. The zero-order chi connectivity index (χ0) is 24.9. The highest BCUT2D eigenvalue weighted by atomic mass is 32.1. The van der Waals surface area contributed by atoms with Gasteiger partial charge in [-0.2, -0.15) is 0 Å². The van der Waals surface area contributed by atoms with Gasteiger partial charge in [0.15, 0.2) is 0 Å². The van der Waals surface area contributed by atoms with Crippen molar-refractivity contribution < 1.29 is 33.4 Å². The summed E-state index contributed by atoms with van der Waals surface area (Å²) < 4.78 is 10.5. The van der Waals surface area contributed by atoms with Crippen LogP contribution in [0.4, 0.5) is 9.59 Å². The molecule has 0 aliphatic carbocycles. The Kier molecular flexibility index (Phi) is 7.11. The number of benzene rings is 1. The predicted octanol–water partition coefficient (Wildman–Crippen LogP) is 1.83. The number of carbonyl (C=O) groups excluding carboxylic acids is 5. The van der Waals surface area contributed by atoms with Crippen LogP contribution in [0.5, 0.6) is 0 Å². The second kappa shape index (κ2) is 10.4. The Bertz CT molecular complexity index is 1170. The second-order valence-electron chi connectivity index (χ2n) is 7.57. The number of imide groups is 1. The Labute approximate surface area is 204 Å². The fraction of sp³-hybridized carbons (Fsp3) is 0.261. The average Bonchev–Trinajstić information content (AvgIpc) is 3.49. The van der Waals surface area contributed by atoms with E-state index in [1.807, 2.05) is 5.38 Å². The van der Waals surface area contributed by atoms with Gasteiger partial charge in [-0.15, -0.1) is 11.3 Å². The van der Waals surface area contributed by atoms with Crippen molar-refractivity contribution in [3.63, 3.8) is 0 Å². The van der Waals surface area contributed by atoms with E-state index in [0.29, 0.717) is 5.56 Å². The van der Waals surface area contributed by atoms with Crippen LogP contribution >= 0.6 is 11.3 Å². The zero-order valence-corrected chi connectivity index (χ0v) is 19.5.